The van der Waals surface area contributed by atoms with Crippen LogP contribution in [0.25, 0.3) is 11.3 Å². The summed E-state index contributed by atoms with van der Waals surface area (Å²) >= 11 is 6.05. The van der Waals surface area contributed by atoms with Crippen molar-refractivity contribution >= 4 is 11.6 Å². The number of benzene rings is 1. The normalized spacial score (nSPS) is 11.3. The summed E-state index contributed by atoms with van der Waals surface area (Å²) in [5.74, 6) is 3.06. The van der Waals surface area contributed by atoms with Crippen molar-refractivity contribution < 1.29 is 13.3 Å². The van der Waals surface area contributed by atoms with E-state index in [1.165, 1.54) is 0 Å². The van der Waals surface area contributed by atoms with Gasteiger partial charge in [-0.3, -0.25) is 4.90 Å². The van der Waals surface area contributed by atoms with Crippen LogP contribution in [0.4, 0.5) is 0 Å². The first-order valence-electron chi connectivity index (χ1n) is 8.24. The fourth-order valence-corrected chi connectivity index (χ4v) is 2.95. The smallest absolute Gasteiger partial charge is 0.209 e. The van der Waals surface area contributed by atoms with Gasteiger partial charge in [0.1, 0.15) is 11.5 Å². The van der Waals surface area contributed by atoms with Crippen molar-refractivity contribution in [2.24, 2.45) is 0 Å². The maximum absolute atomic E-state index is 6.05. The van der Waals surface area contributed by atoms with E-state index in [-0.39, 0.29) is 0 Å². The third kappa shape index (κ3) is 4.07. The van der Waals surface area contributed by atoms with Crippen LogP contribution in [0.5, 0.6) is 0 Å². The summed E-state index contributed by atoms with van der Waals surface area (Å²) in [6.07, 6.45) is 5.06. The van der Waals surface area contributed by atoms with Gasteiger partial charge >= 0.3 is 0 Å². The number of rotatable bonds is 7. The molecule has 0 unspecified atom stereocenters. The Morgan fingerprint density at radius 2 is 1.62 bits per heavy atom. The molecule has 0 bridgehead atoms. The number of furan rings is 2. The van der Waals surface area contributed by atoms with E-state index in [1.807, 2.05) is 48.5 Å². The van der Waals surface area contributed by atoms with Crippen LogP contribution in [0.15, 0.2) is 80.5 Å². The van der Waals surface area contributed by atoms with E-state index in [4.69, 9.17) is 24.9 Å². The lowest BCUT2D eigenvalue weighted by atomic mass is 10.2. The number of hydrogen-bond acceptors (Lipinski definition) is 5. The van der Waals surface area contributed by atoms with E-state index in [2.05, 4.69) is 9.88 Å². The lowest BCUT2D eigenvalue weighted by Crippen LogP contribution is -2.22. The molecule has 0 saturated heterocycles. The zero-order chi connectivity index (χ0) is 17.8. The van der Waals surface area contributed by atoms with Crippen molar-refractivity contribution in [3.63, 3.8) is 0 Å². The molecule has 0 spiro atoms. The molecular formula is C20H17ClN2O3. The maximum atomic E-state index is 6.05. The van der Waals surface area contributed by atoms with E-state index in [1.54, 1.807) is 18.7 Å². The predicted molar refractivity (Wildman–Crippen MR) is 97.3 cm³/mol. The van der Waals surface area contributed by atoms with Crippen molar-refractivity contribution in [2.75, 3.05) is 0 Å². The van der Waals surface area contributed by atoms with Crippen molar-refractivity contribution in [2.45, 2.75) is 19.6 Å². The number of hydrogen-bond donors (Lipinski definition) is 0. The first kappa shape index (κ1) is 16.7. The molecular weight excluding hydrogens is 352 g/mol. The van der Waals surface area contributed by atoms with Gasteiger partial charge in [-0.2, -0.15) is 0 Å². The summed E-state index contributed by atoms with van der Waals surface area (Å²) in [5.41, 5.74) is 0.903. The second-order valence-electron chi connectivity index (χ2n) is 5.93. The Hall–Kier alpha value is -2.76. The van der Waals surface area contributed by atoms with E-state index < -0.39 is 0 Å². The van der Waals surface area contributed by atoms with Crippen LogP contribution < -0.4 is 0 Å². The zero-order valence-electron chi connectivity index (χ0n) is 14.0. The highest BCUT2D eigenvalue weighted by Crippen LogP contribution is 2.24. The quantitative estimate of drug-likeness (QED) is 0.438. The van der Waals surface area contributed by atoms with Gasteiger partial charge in [-0.15, -0.1) is 0 Å². The summed E-state index contributed by atoms with van der Waals surface area (Å²) in [6, 6.07) is 15.2. The summed E-state index contributed by atoms with van der Waals surface area (Å²) < 4.78 is 16.9. The highest BCUT2D eigenvalue weighted by molar-refractivity contribution is 6.30. The number of halogens is 1. The molecule has 3 aromatic heterocycles. The van der Waals surface area contributed by atoms with E-state index in [9.17, 15) is 0 Å². The highest BCUT2D eigenvalue weighted by atomic mass is 35.5. The minimum absolute atomic E-state index is 0.530. The van der Waals surface area contributed by atoms with Crippen LogP contribution in [-0.4, -0.2) is 9.88 Å². The molecule has 4 rings (SSSR count). The fourth-order valence-electron chi connectivity index (χ4n) is 2.76. The summed E-state index contributed by atoms with van der Waals surface area (Å²) in [7, 11) is 0. The molecule has 0 fully saturated rings. The Kier molecular flexibility index (Phi) is 4.91. The number of aromatic nitrogens is 1. The zero-order valence-corrected chi connectivity index (χ0v) is 14.7. The topological polar surface area (TPSA) is 55.6 Å². The van der Waals surface area contributed by atoms with E-state index >= 15 is 0 Å². The molecule has 6 heteroatoms. The monoisotopic (exact) mass is 368 g/mol. The van der Waals surface area contributed by atoms with Crippen LogP contribution in [-0.2, 0) is 19.6 Å². The number of nitrogens with zero attached hydrogens (tertiary/aromatic N) is 2. The molecule has 0 radical (unpaired) electrons. The van der Waals surface area contributed by atoms with Gasteiger partial charge in [0.05, 0.1) is 38.4 Å². The van der Waals surface area contributed by atoms with E-state index in [0.717, 1.165) is 17.1 Å². The van der Waals surface area contributed by atoms with Gasteiger partial charge in [-0.25, -0.2) is 4.98 Å². The third-order valence-corrected chi connectivity index (χ3v) is 4.18. The first-order valence-corrected chi connectivity index (χ1v) is 8.62. The lowest BCUT2D eigenvalue weighted by Gasteiger charge is -2.18. The van der Waals surface area contributed by atoms with Crippen LogP contribution in [0.2, 0.25) is 5.02 Å². The largest absolute Gasteiger partial charge is 0.468 e. The van der Waals surface area contributed by atoms with Gasteiger partial charge in [-0.1, -0.05) is 23.7 Å². The molecule has 0 aliphatic heterocycles. The van der Waals surface area contributed by atoms with Gasteiger partial charge in [-0.05, 0) is 36.4 Å². The van der Waals surface area contributed by atoms with Gasteiger partial charge in [0.25, 0.3) is 0 Å². The Morgan fingerprint density at radius 1 is 0.885 bits per heavy atom. The summed E-state index contributed by atoms with van der Waals surface area (Å²) in [6.45, 7) is 1.78. The minimum atomic E-state index is 0.530. The molecule has 0 amide bonds. The molecule has 0 aliphatic rings. The second-order valence-corrected chi connectivity index (χ2v) is 6.37. The summed E-state index contributed by atoms with van der Waals surface area (Å²) in [5, 5.41) is 0.665. The van der Waals surface area contributed by atoms with Crippen LogP contribution >= 0.6 is 11.6 Å². The average Bonchev–Trinajstić information content (AvgIpc) is 3.37. The molecule has 0 N–H and O–H groups in total. The van der Waals surface area contributed by atoms with Crippen LogP contribution in [0.3, 0.4) is 0 Å². The van der Waals surface area contributed by atoms with Gasteiger partial charge in [0.2, 0.25) is 5.89 Å². The Balaban J connectivity index is 1.51. The van der Waals surface area contributed by atoms with Gasteiger partial charge in [0.15, 0.2) is 5.76 Å². The van der Waals surface area contributed by atoms with Crippen molar-refractivity contribution in [1.82, 2.24) is 9.88 Å². The molecule has 26 heavy (non-hydrogen) atoms. The summed E-state index contributed by atoms with van der Waals surface area (Å²) in [4.78, 5) is 6.55. The Labute approximate surface area is 155 Å². The van der Waals surface area contributed by atoms with Gasteiger partial charge < -0.3 is 13.3 Å². The first-order chi connectivity index (χ1) is 12.8. The molecule has 4 aromatic rings. The minimum Gasteiger partial charge on any atom is -0.468 e. The predicted octanol–water partition coefficient (Wildman–Crippen LogP) is 5.38. The number of oxazole rings is 1. The van der Waals surface area contributed by atoms with Crippen molar-refractivity contribution in [1.29, 1.82) is 0 Å². The fraction of sp³-hybridized carbons (Fsp3) is 0.150. The van der Waals surface area contributed by atoms with Crippen molar-refractivity contribution in [3.05, 3.63) is 89.7 Å². The molecule has 132 valence electrons. The van der Waals surface area contributed by atoms with E-state index in [0.29, 0.717) is 36.3 Å². The Morgan fingerprint density at radius 3 is 2.23 bits per heavy atom. The molecule has 5 nitrogen and oxygen atoms in total. The molecule has 0 aliphatic carbocycles. The van der Waals surface area contributed by atoms with Crippen LogP contribution in [0.1, 0.15) is 17.4 Å². The highest BCUT2D eigenvalue weighted by Gasteiger charge is 2.15. The standard InChI is InChI=1S/C20H17ClN2O3/c21-16-5-1-4-15(10-16)19-11-22-20(26-19)14-23(12-17-6-2-8-24-17)13-18-7-3-9-25-18/h1-11H,12-14H2. The lowest BCUT2D eigenvalue weighted by molar-refractivity contribution is 0.191. The SMILES string of the molecule is Clc1cccc(-c2cnc(CN(Cc3ccco3)Cc3ccco3)o2)c1. The average molecular weight is 369 g/mol. The van der Waals surface area contributed by atoms with Crippen LogP contribution in [0, 0.1) is 0 Å². The molecule has 3 heterocycles. The molecule has 0 atom stereocenters. The molecule has 1 aromatic carbocycles. The molecule has 0 saturated carbocycles. The second kappa shape index (κ2) is 7.64. The third-order valence-electron chi connectivity index (χ3n) is 3.94. The maximum Gasteiger partial charge on any atom is 0.209 e. The van der Waals surface area contributed by atoms with Crippen molar-refractivity contribution in [3.8, 4) is 11.3 Å². The van der Waals surface area contributed by atoms with Gasteiger partial charge in [0, 0.05) is 10.6 Å². The Bertz CT molecular complexity index is 909.